The average molecular weight is 426 g/mol. The van der Waals surface area contributed by atoms with E-state index in [1.165, 1.54) is 0 Å². The minimum absolute atomic E-state index is 0.0682. The number of carboxylic acid groups (broad SMARTS) is 1. The van der Waals surface area contributed by atoms with Crippen molar-refractivity contribution in [3.8, 4) is 6.07 Å². The summed E-state index contributed by atoms with van der Waals surface area (Å²) in [6.45, 7) is 8.32. The fourth-order valence-corrected chi connectivity index (χ4v) is 4.49. The highest BCUT2D eigenvalue weighted by atomic mass is 16.5. The van der Waals surface area contributed by atoms with Gasteiger partial charge in [0.2, 0.25) is 0 Å². The molecule has 0 bridgehead atoms. The van der Waals surface area contributed by atoms with Crippen LogP contribution in [-0.2, 0) is 14.3 Å². The molecule has 1 N–H and O–H groups in total. The molecule has 1 aromatic rings. The number of benzene rings is 1. The van der Waals surface area contributed by atoms with E-state index in [9.17, 15) is 20.0 Å². The van der Waals surface area contributed by atoms with Gasteiger partial charge in [-0.15, -0.1) is 0 Å². The van der Waals surface area contributed by atoms with Crippen LogP contribution in [0.4, 0.5) is 0 Å². The number of amides is 1. The molecule has 2 saturated heterocycles. The molecule has 2 aliphatic rings. The first-order valence-electron chi connectivity index (χ1n) is 10.8. The number of aliphatic carboxylic acids is 1. The van der Waals surface area contributed by atoms with Gasteiger partial charge in [0.15, 0.2) is 0 Å². The number of hydrogen-bond donors (Lipinski definition) is 1. The largest absolute Gasteiger partial charge is 0.481 e. The Morgan fingerprint density at radius 2 is 1.90 bits per heavy atom. The maximum absolute atomic E-state index is 13.3. The number of morpholine rings is 1. The maximum Gasteiger partial charge on any atom is 0.308 e. The molecule has 0 aliphatic carbocycles. The molecule has 3 rings (SSSR count). The van der Waals surface area contributed by atoms with Crippen molar-refractivity contribution >= 4 is 11.9 Å². The molecule has 2 aliphatic heterocycles. The van der Waals surface area contributed by atoms with Crippen molar-refractivity contribution < 1.29 is 19.4 Å². The van der Waals surface area contributed by atoms with Gasteiger partial charge in [-0.2, -0.15) is 5.26 Å². The number of likely N-dealkylation sites (tertiary alicyclic amines) is 1. The van der Waals surface area contributed by atoms with Crippen LogP contribution in [0.3, 0.4) is 0 Å². The van der Waals surface area contributed by atoms with Crippen molar-refractivity contribution in [2.75, 3.05) is 45.9 Å². The lowest BCUT2D eigenvalue weighted by Crippen LogP contribution is -2.46. The Morgan fingerprint density at radius 3 is 2.52 bits per heavy atom. The third-order valence-corrected chi connectivity index (χ3v) is 5.98. The van der Waals surface area contributed by atoms with E-state index in [1.54, 1.807) is 11.0 Å². The summed E-state index contributed by atoms with van der Waals surface area (Å²) in [6.07, 6.45) is 2.23. The highest BCUT2D eigenvalue weighted by Gasteiger charge is 2.36. The number of carboxylic acids is 1. The number of ether oxygens (including phenoxy) is 1. The van der Waals surface area contributed by atoms with Gasteiger partial charge < -0.3 is 14.7 Å². The molecule has 0 aromatic heterocycles. The molecule has 0 radical (unpaired) electrons. The van der Waals surface area contributed by atoms with Gasteiger partial charge >= 0.3 is 5.97 Å². The molecule has 7 heteroatoms. The van der Waals surface area contributed by atoms with E-state index in [-0.39, 0.29) is 29.4 Å². The Balaban J connectivity index is 1.77. The van der Waals surface area contributed by atoms with Crippen LogP contribution < -0.4 is 0 Å². The van der Waals surface area contributed by atoms with E-state index in [0.29, 0.717) is 26.2 Å². The Labute approximate surface area is 183 Å². The summed E-state index contributed by atoms with van der Waals surface area (Å²) in [6, 6.07) is 11.7. The summed E-state index contributed by atoms with van der Waals surface area (Å²) < 4.78 is 5.39. The van der Waals surface area contributed by atoms with Crippen molar-refractivity contribution in [1.29, 1.82) is 5.26 Å². The molecule has 7 nitrogen and oxygen atoms in total. The smallest absolute Gasteiger partial charge is 0.308 e. The predicted octanol–water partition coefficient (Wildman–Crippen LogP) is 2.51. The van der Waals surface area contributed by atoms with Gasteiger partial charge in [0.05, 0.1) is 19.1 Å². The number of nitriles is 1. The van der Waals surface area contributed by atoms with Crippen LogP contribution in [-0.4, -0.2) is 72.7 Å². The number of piperidine rings is 1. The van der Waals surface area contributed by atoms with Gasteiger partial charge in [0.1, 0.15) is 11.6 Å². The van der Waals surface area contributed by atoms with E-state index in [2.05, 4.69) is 11.0 Å². The lowest BCUT2D eigenvalue weighted by Gasteiger charge is -2.37. The summed E-state index contributed by atoms with van der Waals surface area (Å²) in [4.78, 5) is 28.8. The van der Waals surface area contributed by atoms with Gasteiger partial charge in [-0.1, -0.05) is 50.3 Å². The van der Waals surface area contributed by atoms with Gasteiger partial charge in [0, 0.05) is 38.6 Å². The van der Waals surface area contributed by atoms with Gasteiger partial charge in [-0.25, -0.2) is 0 Å². The van der Waals surface area contributed by atoms with E-state index in [1.807, 2.05) is 44.2 Å². The lowest BCUT2D eigenvalue weighted by molar-refractivity contribution is -0.145. The SMILES string of the molecule is CC(C)(/C=C(\C#N)C(=O)N1CC(C(=O)O)CC(c2ccccc2)C1)CN1CCOCC1. The molecule has 1 aromatic carbocycles. The number of carbonyl (C=O) groups excluding carboxylic acids is 1. The number of hydrogen-bond acceptors (Lipinski definition) is 5. The minimum atomic E-state index is -0.909. The predicted molar refractivity (Wildman–Crippen MR) is 116 cm³/mol. The van der Waals surface area contributed by atoms with E-state index >= 15 is 0 Å². The van der Waals surface area contributed by atoms with Crippen LogP contribution >= 0.6 is 0 Å². The van der Waals surface area contributed by atoms with Crippen LogP contribution in [0.25, 0.3) is 0 Å². The summed E-state index contributed by atoms with van der Waals surface area (Å²) in [5.74, 6) is -2.01. The van der Waals surface area contributed by atoms with Crippen LogP contribution in [0.2, 0.25) is 0 Å². The maximum atomic E-state index is 13.3. The van der Waals surface area contributed by atoms with Crippen LogP contribution in [0.15, 0.2) is 42.0 Å². The molecule has 31 heavy (non-hydrogen) atoms. The Hall–Kier alpha value is -2.69. The quantitative estimate of drug-likeness (QED) is 0.556. The van der Waals surface area contributed by atoms with E-state index < -0.39 is 11.9 Å². The molecule has 1 amide bonds. The van der Waals surface area contributed by atoms with Gasteiger partial charge in [0.25, 0.3) is 5.91 Å². The zero-order valence-electron chi connectivity index (χ0n) is 18.3. The molecule has 0 spiro atoms. The molecular formula is C24H31N3O4. The number of rotatable bonds is 6. The first kappa shape index (κ1) is 23.0. The Kier molecular flexibility index (Phi) is 7.47. The van der Waals surface area contributed by atoms with Crippen molar-refractivity contribution in [1.82, 2.24) is 9.80 Å². The first-order chi connectivity index (χ1) is 14.8. The summed E-state index contributed by atoms with van der Waals surface area (Å²) >= 11 is 0. The van der Waals surface area contributed by atoms with Gasteiger partial charge in [-0.3, -0.25) is 14.5 Å². The monoisotopic (exact) mass is 425 g/mol. The van der Waals surface area contributed by atoms with E-state index in [0.717, 1.165) is 25.2 Å². The Morgan fingerprint density at radius 1 is 1.23 bits per heavy atom. The van der Waals surface area contributed by atoms with Crippen molar-refractivity contribution in [2.24, 2.45) is 11.3 Å². The number of nitrogens with zero attached hydrogens (tertiary/aromatic N) is 3. The molecule has 2 heterocycles. The highest BCUT2D eigenvalue weighted by molar-refractivity contribution is 5.97. The van der Waals surface area contributed by atoms with Crippen molar-refractivity contribution in [2.45, 2.75) is 26.2 Å². The topological polar surface area (TPSA) is 93.9 Å². The number of carbonyl (C=O) groups is 2. The Bertz CT molecular complexity index is 853. The van der Waals surface area contributed by atoms with Crippen molar-refractivity contribution in [3.05, 3.63) is 47.5 Å². The van der Waals surface area contributed by atoms with Gasteiger partial charge in [-0.05, 0) is 17.4 Å². The second-order valence-corrected chi connectivity index (χ2v) is 9.14. The minimum Gasteiger partial charge on any atom is -0.481 e. The standard InChI is InChI=1S/C24H31N3O4/c1-24(2,17-26-8-10-31-11-9-26)13-21(14-25)22(28)27-15-19(12-20(16-27)23(29)30)18-6-4-3-5-7-18/h3-7,13,19-20H,8-12,15-17H2,1-2H3,(H,29,30)/b21-13+. The fourth-order valence-electron chi connectivity index (χ4n) is 4.49. The highest BCUT2D eigenvalue weighted by Crippen LogP contribution is 2.32. The zero-order chi connectivity index (χ0) is 22.4. The summed E-state index contributed by atoms with van der Waals surface area (Å²) in [7, 11) is 0. The van der Waals surface area contributed by atoms with E-state index in [4.69, 9.17) is 4.74 Å². The average Bonchev–Trinajstić information content (AvgIpc) is 2.77. The first-order valence-corrected chi connectivity index (χ1v) is 10.8. The van der Waals surface area contributed by atoms with Crippen molar-refractivity contribution in [3.63, 3.8) is 0 Å². The lowest BCUT2D eigenvalue weighted by atomic mass is 9.84. The molecule has 166 valence electrons. The van der Waals surface area contributed by atoms with Crippen LogP contribution in [0, 0.1) is 22.7 Å². The normalized spacial score (nSPS) is 23.3. The zero-order valence-corrected chi connectivity index (χ0v) is 18.3. The summed E-state index contributed by atoms with van der Waals surface area (Å²) in [5, 5.41) is 19.4. The third-order valence-electron chi connectivity index (χ3n) is 5.98. The molecule has 0 saturated carbocycles. The fraction of sp³-hybridized carbons (Fsp3) is 0.542. The summed E-state index contributed by atoms with van der Waals surface area (Å²) in [5.41, 5.74) is 0.719. The van der Waals surface area contributed by atoms with Crippen LogP contribution in [0.1, 0.15) is 31.7 Å². The third kappa shape index (κ3) is 6.16. The molecular weight excluding hydrogens is 394 g/mol. The second-order valence-electron chi connectivity index (χ2n) is 9.14. The van der Waals surface area contributed by atoms with Crippen LogP contribution in [0.5, 0.6) is 0 Å². The molecule has 2 fully saturated rings. The molecule has 2 atom stereocenters. The second kappa shape index (κ2) is 10.1. The molecule has 2 unspecified atom stereocenters.